The van der Waals surface area contributed by atoms with E-state index in [-0.39, 0.29) is 16.9 Å². The van der Waals surface area contributed by atoms with Crippen LogP contribution in [0.2, 0.25) is 0 Å². The zero-order valence-corrected chi connectivity index (χ0v) is 16.0. The first-order chi connectivity index (χ1) is 14.1. The van der Waals surface area contributed by atoms with Gasteiger partial charge >= 0.3 is 5.69 Å². The predicted molar refractivity (Wildman–Crippen MR) is 112 cm³/mol. The smallest absolute Gasteiger partial charge is 0.320 e. The predicted octanol–water partition coefficient (Wildman–Crippen LogP) is 3.01. The van der Waals surface area contributed by atoms with Crippen molar-refractivity contribution in [2.75, 3.05) is 5.32 Å². The fourth-order valence-electron chi connectivity index (χ4n) is 3.37. The van der Waals surface area contributed by atoms with E-state index in [0.29, 0.717) is 34.0 Å². The second-order valence-corrected chi connectivity index (χ2v) is 6.92. The number of fused-ring (bicyclic) bond motifs is 2. The van der Waals surface area contributed by atoms with Gasteiger partial charge < -0.3 is 15.3 Å². The molecule has 29 heavy (non-hydrogen) atoms. The summed E-state index contributed by atoms with van der Waals surface area (Å²) in [6, 6.07) is 12.1. The molecule has 0 atom stereocenters. The van der Waals surface area contributed by atoms with Crippen molar-refractivity contribution in [1.29, 1.82) is 0 Å². The van der Waals surface area contributed by atoms with Gasteiger partial charge in [0.05, 0.1) is 16.4 Å². The molecule has 0 aliphatic carbocycles. The maximum atomic E-state index is 13.0. The molecule has 148 valence electrons. The van der Waals surface area contributed by atoms with E-state index >= 15 is 0 Å². The van der Waals surface area contributed by atoms with Crippen LogP contribution in [-0.2, 0) is 6.54 Å². The maximum absolute atomic E-state index is 13.0. The number of aromatic nitrogens is 4. The lowest BCUT2D eigenvalue weighted by Gasteiger charge is -2.11. The first-order valence-corrected chi connectivity index (χ1v) is 9.60. The van der Waals surface area contributed by atoms with E-state index in [4.69, 9.17) is 0 Å². The van der Waals surface area contributed by atoms with E-state index < -0.39 is 5.91 Å². The molecular weight excluding hydrogens is 370 g/mol. The number of hydrogen-bond donors (Lipinski definition) is 3. The SMILES string of the molecule is CCCCCn1nc(C(=O)Nc2ccc3[nH]c(=O)[nH]c3c2)c2ccccc2c1=O. The molecule has 2 aromatic heterocycles. The van der Waals surface area contributed by atoms with Crippen molar-refractivity contribution in [2.45, 2.75) is 32.7 Å². The number of nitrogens with zero attached hydrogens (tertiary/aromatic N) is 2. The molecule has 8 nitrogen and oxygen atoms in total. The molecule has 1 amide bonds. The number of aromatic amines is 2. The summed E-state index contributed by atoms with van der Waals surface area (Å²) in [4.78, 5) is 42.5. The Balaban J connectivity index is 1.72. The van der Waals surface area contributed by atoms with Gasteiger partial charge in [-0.2, -0.15) is 5.10 Å². The highest BCUT2D eigenvalue weighted by Crippen LogP contribution is 2.18. The van der Waals surface area contributed by atoms with Crippen LogP contribution >= 0.6 is 0 Å². The van der Waals surface area contributed by atoms with Crippen molar-refractivity contribution in [3.05, 3.63) is 69.0 Å². The van der Waals surface area contributed by atoms with Gasteiger partial charge in [-0.05, 0) is 30.7 Å². The van der Waals surface area contributed by atoms with Crippen molar-refractivity contribution in [1.82, 2.24) is 19.7 Å². The summed E-state index contributed by atoms with van der Waals surface area (Å²) >= 11 is 0. The number of rotatable bonds is 6. The molecule has 3 N–H and O–H groups in total. The fraction of sp³-hybridized carbons (Fsp3) is 0.238. The Morgan fingerprint density at radius 1 is 1.03 bits per heavy atom. The van der Waals surface area contributed by atoms with Crippen molar-refractivity contribution in [3.63, 3.8) is 0 Å². The van der Waals surface area contributed by atoms with Crippen LogP contribution in [0, 0.1) is 0 Å². The number of anilines is 1. The van der Waals surface area contributed by atoms with Crippen LogP contribution in [-0.4, -0.2) is 25.7 Å². The number of aryl methyl sites for hydroxylation is 1. The van der Waals surface area contributed by atoms with Crippen LogP contribution in [0.5, 0.6) is 0 Å². The number of H-pyrrole nitrogens is 2. The summed E-state index contributed by atoms with van der Waals surface area (Å²) in [6.45, 7) is 2.55. The van der Waals surface area contributed by atoms with Crippen LogP contribution in [0.1, 0.15) is 36.7 Å². The first-order valence-electron chi connectivity index (χ1n) is 9.60. The monoisotopic (exact) mass is 391 g/mol. The molecule has 0 saturated carbocycles. The maximum Gasteiger partial charge on any atom is 0.323 e. The molecule has 8 heteroatoms. The van der Waals surface area contributed by atoms with Gasteiger partial charge in [0.2, 0.25) is 0 Å². The molecular formula is C21H21N5O3. The number of unbranched alkanes of at least 4 members (excludes halogenated alkanes) is 2. The molecule has 0 radical (unpaired) electrons. The molecule has 2 heterocycles. The van der Waals surface area contributed by atoms with Crippen molar-refractivity contribution >= 4 is 33.4 Å². The minimum Gasteiger partial charge on any atom is -0.320 e. The first kappa shape index (κ1) is 18.7. The van der Waals surface area contributed by atoms with Crippen molar-refractivity contribution in [3.8, 4) is 0 Å². The van der Waals surface area contributed by atoms with Gasteiger partial charge in [-0.1, -0.05) is 38.0 Å². The highest BCUT2D eigenvalue weighted by atomic mass is 16.2. The molecule has 0 saturated heterocycles. The number of nitrogens with one attached hydrogen (secondary N) is 3. The number of amides is 1. The summed E-state index contributed by atoms with van der Waals surface area (Å²) in [5.41, 5.74) is 1.46. The summed E-state index contributed by atoms with van der Waals surface area (Å²) in [6.07, 6.45) is 2.83. The van der Waals surface area contributed by atoms with Gasteiger partial charge in [0.25, 0.3) is 11.5 Å². The Labute approximate surface area is 165 Å². The van der Waals surface area contributed by atoms with Gasteiger partial charge in [-0.3, -0.25) is 9.59 Å². The number of hydrogen-bond acceptors (Lipinski definition) is 4. The quantitative estimate of drug-likeness (QED) is 0.439. The second-order valence-electron chi connectivity index (χ2n) is 6.92. The summed E-state index contributed by atoms with van der Waals surface area (Å²) in [7, 11) is 0. The van der Waals surface area contributed by atoms with E-state index in [9.17, 15) is 14.4 Å². The Kier molecular flexibility index (Phi) is 4.99. The molecule has 0 fully saturated rings. The van der Waals surface area contributed by atoms with Gasteiger partial charge in [0.1, 0.15) is 0 Å². The molecule has 0 bridgehead atoms. The molecule has 0 spiro atoms. The van der Waals surface area contributed by atoms with E-state index in [0.717, 1.165) is 19.3 Å². The third-order valence-electron chi connectivity index (χ3n) is 4.83. The van der Waals surface area contributed by atoms with Crippen LogP contribution in [0.3, 0.4) is 0 Å². The highest BCUT2D eigenvalue weighted by Gasteiger charge is 2.17. The zero-order chi connectivity index (χ0) is 20.4. The summed E-state index contributed by atoms with van der Waals surface area (Å²) in [5, 5.41) is 8.15. The van der Waals surface area contributed by atoms with E-state index in [2.05, 4.69) is 27.3 Å². The molecule has 2 aromatic carbocycles. The van der Waals surface area contributed by atoms with Crippen LogP contribution in [0.25, 0.3) is 21.8 Å². The average molecular weight is 391 g/mol. The molecule has 4 aromatic rings. The molecule has 4 rings (SSSR count). The topological polar surface area (TPSA) is 113 Å². The number of imidazole rings is 1. The van der Waals surface area contributed by atoms with Gasteiger partial charge in [0, 0.05) is 17.6 Å². The Morgan fingerprint density at radius 3 is 2.59 bits per heavy atom. The number of carbonyl (C=O) groups is 1. The van der Waals surface area contributed by atoms with Crippen molar-refractivity contribution in [2.24, 2.45) is 0 Å². The lowest BCUT2D eigenvalue weighted by Crippen LogP contribution is -2.27. The van der Waals surface area contributed by atoms with E-state index in [1.165, 1.54) is 4.68 Å². The largest absolute Gasteiger partial charge is 0.323 e. The summed E-state index contributed by atoms with van der Waals surface area (Å²) < 4.78 is 1.37. The number of carbonyl (C=O) groups excluding carboxylic acids is 1. The normalized spacial score (nSPS) is 11.2. The van der Waals surface area contributed by atoms with Gasteiger partial charge in [0.15, 0.2) is 5.69 Å². The lowest BCUT2D eigenvalue weighted by molar-refractivity contribution is 0.102. The molecule has 0 aliphatic heterocycles. The molecule has 0 aliphatic rings. The number of benzene rings is 2. The Hall–Kier alpha value is -3.68. The fourth-order valence-corrected chi connectivity index (χ4v) is 3.37. The Morgan fingerprint density at radius 2 is 1.79 bits per heavy atom. The van der Waals surface area contributed by atoms with Crippen LogP contribution in [0.4, 0.5) is 5.69 Å². The van der Waals surface area contributed by atoms with Gasteiger partial charge in [-0.15, -0.1) is 0 Å². The lowest BCUT2D eigenvalue weighted by atomic mass is 10.1. The molecule has 0 unspecified atom stereocenters. The van der Waals surface area contributed by atoms with E-state index in [1.54, 1.807) is 42.5 Å². The standard InChI is InChI=1S/C21H21N5O3/c1-2-3-6-11-26-20(28)15-8-5-4-7-14(15)18(25-26)19(27)22-13-9-10-16-17(12-13)24-21(29)23-16/h4-5,7-10,12H,2-3,6,11H2,1H3,(H,22,27)(H2,23,24,29). The minimum atomic E-state index is -0.414. The van der Waals surface area contributed by atoms with Gasteiger partial charge in [-0.25, -0.2) is 9.48 Å². The zero-order valence-electron chi connectivity index (χ0n) is 16.0. The Bertz CT molecular complexity index is 1320. The third kappa shape index (κ3) is 3.69. The van der Waals surface area contributed by atoms with Crippen LogP contribution < -0.4 is 16.6 Å². The highest BCUT2D eigenvalue weighted by molar-refractivity contribution is 6.11. The van der Waals surface area contributed by atoms with Crippen LogP contribution in [0.15, 0.2) is 52.1 Å². The van der Waals surface area contributed by atoms with E-state index in [1.807, 2.05) is 0 Å². The third-order valence-corrected chi connectivity index (χ3v) is 4.83. The average Bonchev–Trinajstić information content (AvgIpc) is 3.09. The summed E-state index contributed by atoms with van der Waals surface area (Å²) in [5.74, 6) is -0.414. The van der Waals surface area contributed by atoms with Crippen molar-refractivity contribution < 1.29 is 4.79 Å². The second kappa shape index (κ2) is 7.75. The minimum absolute atomic E-state index is 0.194.